The second-order valence-electron chi connectivity index (χ2n) is 3.82. The predicted molar refractivity (Wildman–Crippen MR) is 51.3 cm³/mol. The summed E-state index contributed by atoms with van der Waals surface area (Å²) in [5.41, 5.74) is 0. The molecule has 0 unspecified atom stereocenters. The molecular formula is C10H21NO. The number of ether oxygens (including phenoxy) is 1. The number of hydrogen-bond acceptors (Lipinski definition) is 2. The molecule has 1 fully saturated rings. The molecule has 1 N–H and O–H groups in total. The van der Waals surface area contributed by atoms with Crippen molar-refractivity contribution in [3.63, 3.8) is 0 Å². The molecule has 0 aromatic carbocycles. The summed E-state index contributed by atoms with van der Waals surface area (Å²) in [6.45, 7) is 4.35. The molecule has 0 aromatic heterocycles. The molecule has 12 heavy (non-hydrogen) atoms. The Labute approximate surface area is 75.7 Å². The van der Waals surface area contributed by atoms with Gasteiger partial charge in [-0.15, -0.1) is 0 Å². The Morgan fingerprint density at radius 3 is 2.83 bits per heavy atom. The van der Waals surface area contributed by atoms with Crippen LogP contribution in [0.1, 0.15) is 32.6 Å². The van der Waals surface area contributed by atoms with Gasteiger partial charge in [0.25, 0.3) is 0 Å². The first kappa shape index (κ1) is 10.0. The maximum absolute atomic E-state index is 4.99. The van der Waals surface area contributed by atoms with Gasteiger partial charge in [0.05, 0.1) is 0 Å². The van der Waals surface area contributed by atoms with E-state index in [9.17, 15) is 0 Å². The summed E-state index contributed by atoms with van der Waals surface area (Å²) in [5.74, 6) is 0.882. The molecule has 2 heteroatoms. The van der Waals surface area contributed by atoms with Crippen molar-refractivity contribution in [3.8, 4) is 0 Å². The smallest absolute Gasteiger partial charge is 0.0474 e. The molecule has 1 aliphatic carbocycles. The molecule has 0 radical (unpaired) electrons. The third kappa shape index (κ3) is 3.11. The summed E-state index contributed by atoms with van der Waals surface area (Å²) in [4.78, 5) is 0. The van der Waals surface area contributed by atoms with Gasteiger partial charge in [0.15, 0.2) is 0 Å². The summed E-state index contributed by atoms with van der Waals surface area (Å²) in [6, 6.07) is 0.779. The van der Waals surface area contributed by atoms with Crippen LogP contribution in [0.5, 0.6) is 0 Å². The van der Waals surface area contributed by atoms with Crippen molar-refractivity contribution in [1.82, 2.24) is 5.32 Å². The molecule has 2 atom stereocenters. The first-order valence-corrected chi connectivity index (χ1v) is 5.07. The lowest BCUT2D eigenvalue weighted by atomic mass is 10.1. The summed E-state index contributed by atoms with van der Waals surface area (Å²) < 4.78 is 4.99. The van der Waals surface area contributed by atoms with E-state index >= 15 is 0 Å². The summed E-state index contributed by atoms with van der Waals surface area (Å²) in [6.07, 6.45) is 5.32. The van der Waals surface area contributed by atoms with Crippen molar-refractivity contribution in [2.24, 2.45) is 5.92 Å². The Bertz CT molecular complexity index is 116. The van der Waals surface area contributed by atoms with Gasteiger partial charge in [0.1, 0.15) is 0 Å². The van der Waals surface area contributed by atoms with Gasteiger partial charge < -0.3 is 10.1 Å². The van der Waals surface area contributed by atoms with Crippen LogP contribution in [-0.4, -0.2) is 26.3 Å². The first-order chi connectivity index (χ1) is 5.84. The molecule has 72 valence electrons. The lowest BCUT2D eigenvalue weighted by molar-refractivity contribution is 0.192. The summed E-state index contributed by atoms with van der Waals surface area (Å²) >= 11 is 0. The van der Waals surface area contributed by atoms with Gasteiger partial charge >= 0.3 is 0 Å². The van der Waals surface area contributed by atoms with Gasteiger partial charge in [-0.05, 0) is 31.7 Å². The Hall–Kier alpha value is -0.0800. The predicted octanol–water partition coefficient (Wildman–Crippen LogP) is 1.80. The minimum Gasteiger partial charge on any atom is -0.385 e. The van der Waals surface area contributed by atoms with Gasteiger partial charge in [-0.2, -0.15) is 0 Å². The van der Waals surface area contributed by atoms with E-state index in [4.69, 9.17) is 4.74 Å². The van der Waals surface area contributed by atoms with E-state index in [0.29, 0.717) is 0 Å². The van der Waals surface area contributed by atoms with E-state index in [1.54, 1.807) is 7.11 Å². The minimum atomic E-state index is 0.779. The van der Waals surface area contributed by atoms with E-state index in [2.05, 4.69) is 12.2 Å². The average molecular weight is 171 g/mol. The third-order valence-corrected chi connectivity index (χ3v) is 2.79. The zero-order valence-electron chi connectivity index (χ0n) is 8.31. The molecule has 1 aliphatic rings. The molecule has 0 aliphatic heterocycles. The van der Waals surface area contributed by atoms with Crippen LogP contribution in [0.25, 0.3) is 0 Å². The normalized spacial score (nSPS) is 29.5. The van der Waals surface area contributed by atoms with E-state index in [1.807, 2.05) is 0 Å². The van der Waals surface area contributed by atoms with Crippen molar-refractivity contribution in [2.75, 3.05) is 20.3 Å². The second kappa shape index (κ2) is 5.55. The Morgan fingerprint density at radius 1 is 1.42 bits per heavy atom. The maximum atomic E-state index is 4.99. The highest BCUT2D eigenvalue weighted by molar-refractivity contribution is 4.79. The van der Waals surface area contributed by atoms with Crippen molar-refractivity contribution in [2.45, 2.75) is 38.6 Å². The van der Waals surface area contributed by atoms with Crippen molar-refractivity contribution >= 4 is 0 Å². The average Bonchev–Trinajstić information content (AvgIpc) is 2.46. The molecule has 0 aromatic rings. The molecule has 1 saturated carbocycles. The number of nitrogens with one attached hydrogen (secondary N) is 1. The van der Waals surface area contributed by atoms with Gasteiger partial charge in [0.2, 0.25) is 0 Å². The topological polar surface area (TPSA) is 21.3 Å². The molecule has 1 rings (SSSR count). The largest absolute Gasteiger partial charge is 0.385 e. The van der Waals surface area contributed by atoms with Crippen molar-refractivity contribution in [1.29, 1.82) is 0 Å². The fourth-order valence-corrected chi connectivity index (χ4v) is 1.95. The molecule has 2 nitrogen and oxygen atoms in total. The second-order valence-corrected chi connectivity index (χ2v) is 3.82. The number of methoxy groups -OCH3 is 1. The van der Waals surface area contributed by atoms with Crippen LogP contribution < -0.4 is 5.32 Å². The molecule has 0 bridgehead atoms. The highest BCUT2D eigenvalue weighted by Gasteiger charge is 2.21. The molecule has 0 heterocycles. The van der Waals surface area contributed by atoms with Crippen molar-refractivity contribution in [3.05, 3.63) is 0 Å². The SMILES string of the molecule is COCCCN[C@@H]1CCC[C@@H]1C. The molecule has 0 saturated heterocycles. The van der Waals surface area contributed by atoms with Crippen LogP contribution in [-0.2, 0) is 4.74 Å². The molecule has 0 spiro atoms. The monoisotopic (exact) mass is 171 g/mol. The first-order valence-electron chi connectivity index (χ1n) is 5.07. The Morgan fingerprint density at radius 2 is 2.25 bits per heavy atom. The summed E-state index contributed by atoms with van der Waals surface area (Å²) in [5, 5.41) is 3.59. The number of rotatable bonds is 5. The highest BCUT2D eigenvalue weighted by atomic mass is 16.5. The quantitative estimate of drug-likeness (QED) is 0.637. The zero-order chi connectivity index (χ0) is 8.81. The minimum absolute atomic E-state index is 0.779. The van der Waals surface area contributed by atoms with Gasteiger partial charge in [-0.3, -0.25) is 0 Å². The van der Waals surface area contributed by atoms with E-state index in [-0.39, 0.29) is 0 Å². The van der Waals surface area contributed by atoms with Gasteiger partial charge in [0, 0.05) is 19.8 Å². The Kier molecular flexibility index (Phi) is 4.62. The third-order valence-electron chi connectivity index (χ3n) is 2.79. The highest BCUT2D eigenvalue weighted by Crippen LogP contribution is 2.24. The van der Waals surface area contributed by atoms with E-state index in [1.165, 1.54) is 19.3 Å². The van der Waals surface area contributed by atoms with Crippen LogP contribution in [0.3, 0.4) is 0 Å². The van der Waals surface area contributed by atoms with Gasteiger partial charge in [-0.1, -0.05) is 13.3 Å². The standard InChI is InChI=1S/C10H21NO/c1-9-5-3-6-10(9)11-7-4-8-12-2/h9-11H,3-8H2,1-2H3/t9-,10+/m0/s1. The zero-order valence-corrected chi connectivity index (χ0v) is 8.31. The molecule has 0 amide bonds. The van der Waals surface area contributed by atoms with E-state index in [0.717, 1.165) is 31.5 Å². The van der Waals surface area contributed by atoms with Crippen LogP contribution in [0, 0.1) is 5.92 Å². The van der Waals surface area contributed by atoms with Crippen LogP contribution >= 0.6 is 0 Å². The van der Waals surface area contributed by atoms with E-state index < -0.39 is 0 Å². The Balaban J connectivity index is 1.98. The lowest BCUT2D eigenvalue weighted by Gasteiger charge is -2.16. The van der Waals surface area contributed by atoms with Crippen molar-refractivity contribution < 1.29 is 4.74 Å². The fourth-order valence-electron chi connectivity index (χ4n) is 1.95. The van der Waals surface area contributed by atoms with Crippen LogP contribution in [0.4, 0.5) is 0 Å². The van der Waals surface area contributed by atoms with Gasteiger partial charge in [-0.25, -0.2) is 0 Å². The molecular weight excluding hydrogens is 150 g/mol. The summed E-state index contributed by atoms with van der Waals surface area (Å²) in [7, 11) is 1.76. The maximum Gasteiger partial charge on any atom is 0.0474 e. The van der Waals surface area contributed by atoms with Crippen LogP contribution in [0.2, 0.25) is 0 Å². The fraction of sp³-hybridized carbons (Fsp3) is 1.00. The lowest BCUT2D eigenvalue weighted by Crippen LogP contribution is -2.32. The number of hydrogen-bond donors (Lipinski definition) is 1. The van der Waals surface area contributed by atoms with Crippen LogP contribution in [0.15, 0.2) is 0 Å².